The van der Waals surface area contributed by atoms with E-state index in [1.807, 2.05) is 4.90 Å². The summed E-state index contributed by atoms with van der Waals surface area (Å²) in [4.78, 5) is 1.88. The molecule has 3 rings (SSSR count). The summed E-state index contributed by atoms with van der Waals surface area (Å²) in [5, 5.41) is 3.08. The van der Waals surface area contributed by atoms with Gasteiger partial charge in [-0.1, -0.05) is 0 Å². The van der Waals surface area contributed by atoms with Crippen LogP contribution in [0.2, 0.25) is 0 Å². The zero-order chi connectivity index (χ0) is 12.9. The highest BCUT2D eigenvalue weighted by Crippen LogP contribution is 2.46. The summed E-state index contributed by atoms with van der Waals surface area (Å²) in [6, 6.07) is 3.31. The highest BCUT2D eigenvalue weighted by molar-refractivity contribution is 5.80. The average Bonchev–Trinajstić information content (AvgIpc) is 2.56. The SMILES string of the molecule is Cc1cc2c(c(C(F)(F)F)c1)N(C1CCC1)CN2. The molecule has 1 aromatic carbocycles. The molecule has 5 heteroatoms. The fourth-order valence-corrected chi connectivity index (χ4v) is 2.70. The van der Waals surface area contributed by atoms with E-state index in [2.05, 4.69) is 5.32 Å². The molecule has 0 atom stereocenters. The Hall–Kier alpha value is -1.39. The predicted octanol–water partition coefficient (Wildman–Crippen LogP) is 3.76. The summed E-state index contributed by atoms with van der Waals surface area (Å²) in [5.74, 6) is 0. The van der Waals surface area contributed by atoms with Crippen molar-refractivity contribution in [2.75, 3.05) is 16.9 Å². The van der Waals surface area contributed by atoms with Crippen molar-refractivity contribution in [2.45, 2.75) is 38.4 Å². The topological polar surface area (TPSA) is 15.3 Å². The lowest BCUT2D eigenvalue weighted by Crippen LogP contribution is -2.40. The van der Waals surface area contributed by atoms with Gasteiger partial charge in [-0.2, -0.15) is 13.2 Å². The van der Waals surface area contributed by atoms with Crippen molar-refractivity contribution in [2.24, 2.45) is 0 Å². The Morgan fingerprint density at radius 2 is 2.00 bits per heavy atom. The van der Waals surface area contributed by atoms with Gasteiger partial charge in [0.2, 0.25) is 0 Å². The van der Waals surface area contributed by atoms with Gasteiger partial charge in [-0.3, -0.25) is 0 Å². The van der Waals surface area contributed by atoms with Crippen molar-refractivity contribution >= 4 is 11.4 Å². The molecule has 0 amide bonds. The molecule has 18 heavy (non-hydrogen) atoms. The first-order valence-electron chi connectivity index (χ1n) is 6.19. The zero-order valence-electron chi connectivity index (χ0n) is 10.1. The summed E-state index contributed by atoms with van der Waals surface area (Å²) in [6.07, 6.45) is -1.19. The highest BCUT2D eigenvalue weighted by Gasteiger charge is 2.40. The number of benzene rings is 1. The summed E-state index contributed by atoms with van der Waals surface area (Å²) in [7, 11) is 0. The van der Waals surface area contributed by atoms with Gasteiger partial charge < -0.3 is 10.2 Å². The van der Waals surface area contributed by atoms with E-state index in [0.717, 1.165) is 19.3 Å². The molecule has 0 aromatic heterocycles. The number of halogens is 3. The van der Waals surface area contributed by atoms with Gasteiger partial charge in [0.05, 0.1) is 23.6 Å². The molecule has 0 spiro atoms. The molecule has 1 aliphatic carbocycles. The fourth-order valence-electron chi connectivity index (χ4n) is 2.70. The van der Waals surface area contributed by atoms with Crippen molar-refractivity contribution in [1.29, 1.82) is 0 Å². The Balaban J connectivity index is 2.09. The molecule has 0 bridgehead atoms. The van der Waals surface area contributed by atoms with E-state index in [-0.39, 0.29) is 6.04 Å². The molecule has 1 saturated carbocycles. The number of hydrogen-bond acceptors (Lipinski definition) is 2. The summed E-state index contributed by atoms with van der Waals surface area (Å²) in [5.41, 5.74) is 1.10. The number of alkyl halides is 3. The van der Waals surface area contributed by atoms with Gasteiger partial charge in [0.1, 0.15) is 0 Å². The van der Waals surface area contributed by atoms with Crippen LogP contribution in [0.5, 0.6) is 0 Å². The third-order valence-electron chi connectivity index (χ3n) is 3.80. The number of nitrogens with zero attached hydrogens (tertiary/aromatic N) is 1. The lowest BCUT2D eigenvalue weighted by Gasteiger charge is -2.36. The van der Waals surface area contributed by atoms with Crippen LogP contribution >= 0.6 is 0 Å². The molecule has 0 unspecified atom stereocenters. The maximum absolute atomic E-state index is 13.1. The van der Waals surface area contributed by atoms with Gasteiger partial charge in [0.25, 0.3) is 0 Å². The largest absolute Gasteiger partial charge is 0.418 e. The lowest BCUT2D eigenvalue weighted by molar-refractivity contribution is -0.137. The monoisotopic (exact) mass is 256 g/mol. The molecule has 0 saturated heterocycles. The lowest BCUT2D eigenvalue weighted by atomic mass is 9.91. The molecule has 2 nitrogen and oxygen atoms in total. The Kier molecular flexibility index (Phi) is 2.47. The van der Waals surface area contributed by atoms with Crippen LogP contribution in [0.25, 0.3) is 0 Å². The quantitative estimate of drug-likeness (QED) is 0.823. The number of nitrogens with one attached hydrogen (secondary N) is 1. The minimum absolute atomic E-state index is 0.266. The normalized spacial score (nSPS) is 19.4. The molecular weight excluding hydrogens is 241 g/mol. The van der Waals surface area contributed by atoms with Gasteiger partial charge >= 0.3 is 6.18 Å². The van der Waals surface area contributed by atoms with E-state index in [9.17, 15) is 13.2 Å². The van der Waals surface area contributed by atoms with Crippen molar-refractivity contribution in [3.8, 4) is 0 Å². The van der Waals surface area contributed by atoms with Gasteiger partial charge in [-0.15, -0.1) is 0 Å². The van der Waals surface area contributed by atoms with Crippen LogP contribution in [0.15, 0.2) is 12.1 Å². The first-order chi connectivity index (χ1) is 8.47. The minimum atomic E-state index is -4.29. The van der Waals surface area contributed by atoms with Gasteiger partial charge in [0.15, 0.2) is 0 Å². The molecule has 0 radical (unpaired) electrons. The van der Waals surface area contributed by atoms with Crippen LogP contribution in [-0.4, -0.2) is 12.7 Å². The van der Waals surface area contributed by atoms with E-state index >= 15 is 0 Å². The first kappa shape index (κ1) is 11.7. The molecule has 1 aliphatic heterocycles. The number of fused-ring (bicyclic) bond motifs is 1. The zero-order valence-corrected chi connectivity index (χ0v) is 10.1. The van der Waals surface area contributed by atoms with E-state index in [4.69, 9.17) is 0 Å². The van der Waals surface area contributed by atoms with Gasteiger partial charge in [-0.05, 0) is 43.9 Å². The molecule has 98 valence electrons. The second-order valence-corrected chi connectivity index (χ2v) is 5.10. The Bertz CT molecular complexity index is 478. The molecule has 1 heterocycles. The fraction of sp³-hybridized carbons (Fsp3) is 0.538. The third kappa shape index (κ3) is 1.72. The number of anilines is 2. The van der Waals surface area contributed by atoms with Gasteiger partial charge in [-0.25, -0.2) is 0 Å². The summed E-state index contributed by atoms with van der Waals surface area (Å²) >= 11 is 0. The molecule has 1 aromatic rings. The van der Waals surface area contributed by atoms with Crippen LogP contribution < -0.4 is 10.2 Å². The maximum Gasteiger partial charge on any atom is 0.418 e. The van der Waals surface area contributed by atoms with E-state index in [0.29, 0.717) is 23.6 Å². The van der Waals surface area contributed by atoms with E-state index in [1.165, 1.54) is 6.07 Å². The van der Waals surface area contributed by atoms with E-state index < -0.39 is 11.7 Å². The summed E-state index contributed by atoms with van der Waals surface area (Å²) < 4.78 is 39.4. The molecule has 1 N–H and O–H groups in total. The smallest absolute Gasteiger partial charge is 0.366 e. The molecular formula is C13H15F3N2. The van der Waals surface area contributed by atoms with Crippen LogP contribution in [0.4, 0.5) is 24.5 Å². The Labute approximate surface area is 104 Å². The van der Waals surface area contributed by atoms with Crippen LogP contribution in [0.3, 0.4) is 0 Å². The van der Waals surface area contributed by atoms with Crippen molar-refractivity contribution in [3.05, 3.63) is 23.3 Å². The Morgan fingerprint density at radius 1 is 1.28 bits per heavy atom. The number of aryl methyl sites for hydroxylation is 1. The van der Waals surface area contributed by atoms with Crippen molar-refractivity contribution < 1.29 is 13.2 Å². The standard InChI is InChI=1S/C13H15F3N2/c1-8-5-10(13(14,15)16)12-11(6-8)17-7-18(12)9-3-2-4-9/h5-6,9,17H,2-4,7H2,1H3. The minimum Gasteiger partial charge on any atom is -0.366 e. The number of hydrogen-bond donors (Lipinski definition) is 1. The summed E-state index contributed by atoms with van der Waals surface area (Å²) in [6.45, 7) is 2.19. The van der Waals surface area contributed by atoms with Crippen LogP contribution in [-0.2, 0) is 6.18 Å². The van der Waals surface area contributed by atoms with Gasteiger partial charge in [0, 0.05) is 6.04 Å². The molecule has 2 aliphatic rings. The average molecular weight is 256 g/mol. The molecule has 1 fully saturated rings. The maximum atomic E-state index is 13.1. The number of rotatable bonds is 1. The highest BCUT2D eigenvalue weighted by atomic mass is 19.4. The van der Waals surface area contributed by atoms with Crippen LogP contribution in [0.1, 0.15) is 30.4 Å². The van der Waals surface area contributed by atoms with Crippen molar-refractivity contribution in [3.63, 3.8) is 0 Å². The first-order valence-corrected chi connectivity index (χ1v) is 6.19. The van der Waals surface area contributed by atoms with E-state index in [1.54, 1.807) is 13.0 Å². The second-order valence-electron chi connectivity index (χ2n) is 5.10. The van der Waals surface area contributed by atoms with Crippen molar-refractivity contribution in [1.82, 2.24) is 0 Å². The van der Waals surface area contributed by atoms with Crippen LogP contribution in [0, 0.1) is 6.92 Å². The third-order valence-corrected chi connectivity index (χ3v) is 3.80. The Morgan fingerprint density at radius 3 is 2.56 bits per heavy atom. The second kappa shape index (κ2) is 3.80. The predicted molar refractivity (Wildman–Crippen MR) is 64.8 cm³/mol.